The lowest BCUT2D eigenvalue weighted by Gasteiger charge is -2.42. The Labute approximate surface area is 401 Å². The first kappa shape index (κ1) is 41.4. The molecule has 68 heavy (non-hydrogen) atoms. The average molecular weight is 883 g/mol. The Bertz CT molecular complexity index is 3730. The minimum absolute atomic E-state index is 0.0493. The van der Waals surface area contributed by atoms with Gasteiger partial charge in [-0.3, -0.25) is 0 Å². The van der Waals surface area contributed by atoms with Crippen molar-refractivity contribution in [1.29, 1.82) is 0 Å². The van der Waals surface area contributed by atoms with Gasteiger partial charge < -0.3 is 14.3 Å². The van der Waals surface area contributed by atoms with Crippen LogP contribution in [0.25, 0.3) is 82.8 Å². The number of unbranched alkanes of at least 4 members (excludes halogenated alkanes) is 2. The summed E-state index contributed by atoms with van der Waals surface area (Å²) >= 11 is 0. The Hall–Kier alpha value is -6.78. The van der Waals surface area contributed by atoms with Crippen molar-refractivity contribution in [3.8, 4) is 39.1 Å². The van der Waals surface area contributed by atoms with Gasteiger partial charge in [0.15, 0.2) is 7.28 Å². The Morgan fingerprint density at radius 2 is 1.29 bits per heavy atom. The number of rotatable bonds is 8. The zero-order valence-electron chi connectivity index (χ0n) is 40.7. The maximum Gasteiger partial charge on any atom is 0.198 e. The van der Waals surface area contributed by atoms with E-state index < -0.39 is 0 Å². The van der Waals surface area contributed by atoms with Crippen LogP contribution in [0.5, 0.6) is 0 Å². The molecule has 8 aromatic carbocycles. The van der Waals surface area contributed by atoms with Gasteiger partial charge in [0.2, 0.25) is 0 Å². The number of furan rings is 1. The molecule has 3 nitrogen and oxygen atoms in total. The fraction of sp³-hybridized carbons (Fsp3) is 0.250. The van der Waals surface area contributed by atoms with Crippen LogP contribution in [-0.2, 0) is 22.7 Å². The minimum atomic E-state index is -0.127. The van der Waals surface area contributed by atoms with E-state index in [-0.39, 0.29) is 16.2 Å². The summed E-state index contributed by atoms with van der Waals surface area (Å²) in [5.74, 6) is 0. The highest BCUT2D eigenvalue weighted by Crippen LogP contribution is 2.53. The molecule has 0 amide bonds. The molecule has 0 radical (unpaired) electrons. The van der Waals surface area contributed by atoms with E-state index in [1.54, 1.807) is 0 Å². The van der Waals surface area contributed by atoms with Crippen LogP contribution in [0.15, 0.2) is 150 Å². The second-order valence-electron chi connectivity index (χ2n) is 22.2. The number of para-hydroxylation sites is 2. The number of anilines is 2. The molecule has 0 saturated carbocycles. The van der Waals surface area contributed by atoms with E-state index >= 15 is 0 Å². The van der Waals surface area contributed by atoms with Crippen LogP contribution >= 0.6 is 0 Å². The summed E-state index contributed by atoms with van der Waals surface area (Å²) in [5, 5.41) is 8.94. The first-order valence-corrected chi connectivity index (χ1v) is 25.2. The van der Waals surface area contributed by atoms with Crippen LogP contribution in [0.4, 0.5) is 11.4 Å². The molecule has 2 aromatic heterocycles. The van der Waals surface area contributed by atoms with Crippen molar-refractivity contribution in [2.75, 3.05) is 5.32 Å². The zero-order valence-corrected chi connectivity index (χ0v) is 40.7. The average Bonchev–Trinajstić information content (AvgIpc) is 3.96. The standard InChI is InChI=1S/C64H59BN2O/c1-8-9-10-17-38-24-27-40(28-25-38)66-54-22-15-12-19-43(54)47-33-45(39-26-29-42-41-18-11-14-21-49(41)64(6,7)50(42)32-39)59-48-34-51-52(63(4,5)31-30-62(51,2)3)36-55(48)67-56-35-46-44-20-13-16-23-57(44)68-58(46)37-53(56)65-60(47)61(59)67/h11-16,18-29,32-37,65-66H,8-10,17,30-31H2,1-7H3. The number of aryl methyl sites for hydroxylation is 1. The van der Waals surface area contributed by atoms with Crippen molar-refractivity contribution in [3.63, 3.8) is 0 Å². The predicted molar refractivity (Wildman–Crippen MR) is 291 cm³/mol. The van der Waals surface area contributed by atoms with Gasteiger partial charge in [-0.2, -0.15) is 0 Å². The van der Waals surface area contributed by atoms with Crippen molar-refractivity contribution in [2.45, 2.75) is 103 Å². The SMILES string of the molecule is CCCCCc1ccc(Nc2ccccc2-c2cc(-c3ccc4c(c3)C(C)(C)c3ccccc3-4)c3c4cc5c(cc4n4c3c2Bc2cc3oc6ccccc6c3cc2-4)C(C)(C)CCC5(C)C)cc1. The number of fused-ring (bicyclic) bond motifs is 12. The van der Waals surface area contributed by atoms with Crippen LogP contribution in [0.1, 0.15) is 108 Å². The van der Waals surface area contributed by atoms with Gasteiger partial charge in [-0.25, -0.2) is 0 Å². The van der Waals surface area contributed by atoms with Gasteiger partial charge in [0.1, 0.15) is 11.2 Å². The summed E-state index contributed by atoms with van der Waals surface area (Å²) in [6, 6.07) is 55.6. The van der Waals surface area contributed by atoms with Crippen LogP contribution in [0.3, 0.4) is 0 Å². The van der Waals surface area contributed by atoms with E-state index in [0.717, 1.165) is 48.0 Å². The first-order valence-electron chi connectivity index (χ1n) is 25.2. The molecule has 0 bridgehead atoms. The molecular weight excluding hydrogens is 824 g/mol. The van der Waals surface area contributed by atoms with Gasteiger partial charge >= 0.3 is 0 Å². The number of nitrogens with zero attached hydrogens (tertiary/aromatic N) is 1. The Morgan fingerprint density at radius 3 is 2.10 bits per heavy atom. The molecular formula is C64H59BN2O. The fourth-order valence-corrected chi connectivity index (χ4v) is 12.8. The highest BCUT2D eigenvalue weighted by Gasteiger charge is 2.40. The molecule has 0 fully saturated rings. The third-order valence-electron chi connectivity index (χ3n) is 16.7. The third kappa shape index (κ3) is 6.11. The molecule has 3 heterocycles. The first-order chi connectivity index (χ1) is 32.9. The van der Waals surface area contributed by atoms with Gasteiger partial charge in [0, 0.05) is 55.1 Å². The molecule has 4 heteroatoms. The smallest absolute Gasteiger partial charge is 0.198 e. The molecule has 2 aliphatic carbocycles. The maximum atomic E-state index is 6.64. The number of aromatic nitrogens is 1. The van der Waals surface area contributed by atoms with Crippen molar-refractivity contribution < 1.29 is 4.42 Å². The van der Waals surface area contributed by atoms with Gasteiger partial charge in [0.25, 0.3) is 0 Å². The molecule has 1 aliphatic heterocycles. The Kier molecular flexibility index (Phi) is 9.05. The van der Waals surface area contributed by atoms with Crippen LogP contribution in [0.2, 0.25) is 0 Å². The highest BCUT2D eigenvalue weighted by atomic mass is 16.3. The lowest BCUT2D eigenvalue weighted by Crippen LogP contribution is -2.37. The molecule has 0 spiro atoms. The van der Waals surface area contributed by atoms with Crippen LogP contribution < -0.4 is 16.2 Å². The predicted octanol–water partition coefficient (Wildman–Crippen LogP) is 15.8. The van der Waals surface area contributed by atoms with E-state index in [0.29, 0.717) is 0 Å². The second kappa shape index (κ2) is 14.9. The molecule has 1 N–H and O–H groups in total. The molecule has 0 atom stereocenters. The lowest BCUT2D eigenvalue weighted by atomic mass is 9.58. The minimum Gasteiger partial charge on any atom is -0.456 e. The Morgan fingerprint density at radius 1 is 0.574 bits per heavy atom. The van der Waals surface area contributed by atoms with Crippen molar-refractivity contribution in [3.05, 3.63) is 173 Å². The highest BCUT2D eigenvalue weighted by molar-refractivity contribution is 6.74. The van der Waals surface area contributed by atoms with Gasteiger partial charge in [0.05, 0.1) is 5.52 Å². The van der Waals surface area contributed by atoms with E-state index in [1.165, 1.54) is 131 Å². The van der Waals surface area contributed by atoms with E-state index in [9.17, 15) is 0 Å². The van der Waals surface area contributed by atoms with Crippen molar-refractivity contribution in [2.24, 2.45) is 0 Å². The summed E-state index contributed by atoms with van der Waals surface area (Å²) in [6.45, 7) is 16.9. The number of hydrogen-bond acceptors (Lipinski definition) is 2. The summed E-state index contributed by atoms with van der Waals surface area (Å²) in [7, 11) is 0.786. The quantitative estimate of drug-likeness (QED) is 0.122. The normalized spacial score (nSPS) is 15.9. The second-order valence-corrected chi connectivity index (χ2v) is 22.2. The largest absolute Gasteiger partial charge is 0.456 e. The van der Waals surface area contributed by atoms with E-state index in [4.69, 9.17) is 4.42 Å². The summed E-state index contributed by atoms with van der Waals surface area (Å²) in [4.78, 5) is 0. The van der Waals surface area contributed by atoms with E-state index in [1.807, 2.05) is 0 Å². The molecule has 0 unspecified atom stereocenters. The summed E-state index contributed by atoms with van der Waals surface area (Å²) < 4.78 is 9.32. The maximum absolute atomic E-state index is 6.64. The number of benzene rings is 8. The van der Waals surface area contributed by atoms with Crippen LogP contribution in [-0.4, -0.2) is 11.8 Å². The Balaban J connectivity index is 1.13. The lowest BCUT2D eigenvalue weighted by molar-refractivity contribution is 0.332. The van der Waals surface area contributed by atoms with Crippen molar-refractivity contribution >= 4 is 73.3 Å². The molecule has 13 rings (SSSR count). The molecule has 3 aliphatic rings. The van der Waals surface area contributed by atoms with Crippen LogP contribution in [0, 0.1) is 0 Å². The topological polar surface area (TPSA) is 30.1 Å². The van der Waals surface area contributed by atoms with Gasteiger partial charge in [-0.15, -0.1) is 0 Å². The number of hydrogen-bond donors (Lipinski definition) is 1. The number of nitrogens with one attached hydrogen (secondary N) is 1. The monoisotopic (exact) mass is 882 g/mol. The van der Waals surface area contributed by atoms with Gasteiger partial charge in [-0.1, -0.05) is 152 Å². The van der Waals surface area contributed by atoms with Gasteiger partial charge in [-0.05, 0) is 158 Å². The summed E-state index contributed by atoms with van der Waals surface area (Å²) in [6.07, 6.45) is 7.18. The third-order valence-corrected chi connectivity index (χ3v) is 16.7. The zero-order chi connectivity index (χ0) is 46.3. The van der Waals surface area contributed by atoms with E-state index in [2.05, 4.69) is 204 Å². The molecule has 10 aromatic rings. The fourth-order valence-electron chi connectivity index (χ4n) is 12.8. The summed E-state index contributed by atoms with van der Waals surface area (Å²) in [5.41, 5.74) is 25.5. The van der Waals surface area contributed by atoms with Crippen molar-refractivity contribution in [1.82, 2.24) is 4.57 Å². The molecule has 0 saturated heterocycles. The molecule has 334 valence electrons.